The number of methoxy groups -OCH3 is 2. The molecule has 7 nitrogen and oxygen atoms in total. The molecule has 4 aromatic rings. The molecule has 0 radical (unpaired) electrons. The van der Waals surface area contributed by atoms with Crippen LogP contribution in [-0.2, 0) is 16.0 Å². The van der Waals surface area contributed by atoms with Crippen molar-refractivity contribution in [3.63, 3.8) is 0 Å². The van der Waals surface area contributed by atoms with Crippen LogP contribution in [0.1, 0.15) is 12.5 Å². The number of alkyl carbamates (subject to hydrolysis) is 1. The highest BCUT2D eigenvalue weighted by Gasteiger charge is 2.18. The number of aromatic amines is 1. The van der Waals surface area contributed by atoms with E-state index in [2.05, 4.69) is 26.4 Å². The maximum Gasteiger partial charge on any atom is 0.406 e. The van der Waals surface area contributed by atoms with Gasteiger partial charge in [-0.1, -0.05) is 30.3 Å². The lowest BCUT2D eigenvalue weighted by Crippen LogP contribution is -2.25. The van der Waals surface area contributed by atoms with E-state index in [9.17, 15) is 9.59 Å². The molecule has 0 aliphatic heterocycles. The summed E-state index contributed by atoms with van der Waals surface area (Å²) in [5.74, 6) is 0.568. The number of anilines is 1. The Morgan fingerprint density at radius 1 is 1.03 bits per heavy atom. The zero-order valence-corrected chi connectivity index (χ0v) is 18.2. The van der Waals surface area contributed by atoms with Crippen LogP contribution in [0.15, 0.2) is 54.7 Å². The van der Waals surface area contributed by atoms with Crippen LogP contribution in [0.25, 0.3) is 32.8 Å². The molecule has 0 unspecified atom stereocenters. The zero-order valence-electron chi connectivity index (χ0n) is 18.2. The topological polar surface area (TPSA) is 92.4 Å². The Labute approximate surface area is 185 Å². The van der Waals surface area contributed by atoms with Gasteiger partial charge in [-0.2, -0.15) is 0 Å². The first-order chi connectivity index (χ1) is 15.5. The number of ether oxygens (including phenoxy) is 2. The van der Waals surface area contributed by atoms with Gasteiger partial charge in [0.2, 0.25) is 5.91 Å². The lowest BCUT2D eigenvalue weighted by atomic mass is 9.94. The van der Waals surface area contributed by atoms with Gasteiger partial charge >= 0.3 is 6.09 Å². The van der Waals surface area contributed by atoms with E-state index in [1.54, 1.807) is 7.11 Å². The number of carbonyl (C=O) groups is 2. The summed E-state index contributed by atoms with van der Waals surface area (Å²) >= 11 is 0. The second-order valence-corrected chi connectivity index (χ2v) is 7.47. The predicted molar refractivity (Wildman–Crippen MR) is 126 cm³/mol. The van der Waals surface area contributed by atoms with Crippen molar-refractivity contribution in [2.75, 3.05) is 26.1 Å². The molecule has 1 aromatic heterocycles. The van der Waals surface area contributed by atoms with Crippen LogP contribution >= 0.6 is 0 Å². The highest BCUT2D eigenvalue weighted by molar-refractivity contribution is 6.08. The summed E-state index contributed by atoms with van der Waals surface area (Å²) in [7, 11) is 2.98. The summed E-state index contributed by atoms with van der Waals surface area (Å²) in [6.07, 6.45) is 2.07. The van der Waals surface area contributed by atoms with E-state index in [4.69, 9.17) is 4.74 Å². The first-order valence-corrected chi connectivity index (χ1v) is 10.3. The number of nitrogens with one attached hydrogen (secondary N) is 3. The molecule has 2 amide bonds. The quantitative estimate of drug-likeness (QED) is 0.407. The van der Waals surface area contributed by atoms with Crippen molar-refractivity contribution in [1.29, 1.82) is 0 Å². The maximum absolute atomic E-state index is 12.0. The Bertz CT molecular complexity index is 1310. The van der Waals surface area contributed by atoms with Crippen LogP contribution in [0.4, 0.5) is 10.5 Å². The van der Waals surface area contributed by atoms with Crippen molar-refractivity contribution in [2.45, 2.75) is 13.3 Å². The number of aromatic nitrogens is 1. The molecular formula is C25H25N3O4. The molecule has 1 heterocycles. The number of hydrogen-bond acceptors (Lipinski definition) is 4. The molecule has 0 atom stereocenters. The fraction of sp³-hybridized carbons (Fsp3) is 0.200. The molecule has 0 bridgehead atoms. The van der Waals surface area contributed by atoms with Gasteiger partial charge in [0.15, 0.2) is 0 Å². The summed E-state index contributed by atoms with van der Waals surface area (Å²) in [5, 5.41) is 8.77. The van der Waals surface area contributed by atoms with E-state index in [1.165, 1.54) is 14.0 Å². The molecule has 0 aliphatic rings. The van der Waals surface area contributed by atoms with Crippen molar-refractivity contribution in [2.24, 2.45) is 0 Å². The summed E-state index contributed by atoms with van der Waals surface area (Å²) < 4.78 is 10.3. The molecule has 0 spiro atoms. The fourth-order valence-electron chi connectivity index (χ4n) is 4.00. The highest BCUT2D eigenvalue weighted by atomic mass is 16.5. The average Bonchev–Trinajstić information content (AvgIpc) is 3.19. The minimum absolute atomic E-state index is 0.158. The normalized spacial score (nSPS) is 10.8. The maximum atomic E-state index is 12.0. The molecule has 0 fully saturated rings. The Balaban J connectivity index is 1.86. The second-order valence-electron chi connectivity index (χ2n) is 7.47. The molecule has 164 valence electrons. The van der Waals surface area contributed by atoms with Crippen molar-refractivity contribution in [3.8, 4) is 16.9 Å². The summed E-state index contributed by atoms with van der Waals surface area (Å²) in [5.41, 5.74) is 4.43. The lowest BCUT2D eigenvalue weighted by Gasteiger charge is -2.17. The van der Waals surface area contributed by atoms with Crippen LogP contribution in [0, 0.1) is 0 Å². The molecule has 3 aromatic carbocycles. The molecule has 3 N–H and O–H groups in total. The first-order valence-electron chi connectivity index (χ1n) is 10.3. The molecule has 7 heteroatoms. The number of H-pyrrole nitrogens is 1. The molecule has 0 saturated carbocycles. The second kappa shape index (κ2) is 9.01. The predicted octanol–water partition coefficient (Wildman–Crippen LogP) is 4.85. The first kappa shape index (κ1) is 21.2. The molecule has 0 aliphatic carbocycles. The number of fused-ring (bicyclic) bond motifs is 2. The van der Waals surface area contributed by atoms with Gasteiger partial charge < -0.3 is 25.1 Å². The lowest BCUT2D eigenvalue weighted by molar-refractivity contribution is -0.114. The zero-order chi connectivity index (χ0) is 22.7. The van der Waals surface area contributed by atoms with Gasteiger partial charge in [0.1, 0.15) is 5.75 Å². The van der Waals surface area contributed by atoms with Crippen LogP contribution in [0.3, 0.4) is 0 Å². The Morgan fingerprint density at radius 3 is 2.59 bits per heavy atom. The third kappa shape index (κ3) is 4.09. The fourth-order valence-corrected chi connectivity index (χ4v) is 4.00. The third-order valence-corrected chi connectivity index (χ3v) is 5.45. The minimum Gasteiger partial charge on any atom is -0.496 e. The summed E-state index contributed by atoms with van der Waals surface area (Å²) in [4.78, 5) is 26.7. The van der Waals surface area contributed by atoms with Gasteiger partial charge in [-0.25, -0.2) is 4.79 Å². The van der Waals surface area contributed by atoms with Crippen molar-refractivity contribution < 1.29 is 19.1 Å². The van der Waals surface area contributed by atoms with Crippen LogP contribution < -0.4 is 15.4 Å². The number of carbonyl (C=O) groups excluding carboxylic acids is 2. The van der Waals surface area contributed by atoms with E-state index in [-0.39, 0.29) is 5.91 Å². The Hall–Kier alpha value is -4.00. The number of amides is 2. The number of benzene rings is 3. The monoisotopic (exact) mass is 431 g/mol. The standard InChI is InChI=1S/C25H25N3O4/c1-15(29)28-22-12-19-17(10-11-26-25(30)32-3)14-27-21(19)13-20(22)24-18-7-5-4-6-16(18)8-9-23(24)31-2/h4-9,12-14,27H,10-11H2,1-3H3,(H,26,30)(H,28,29). The van der Waals surface area contributed by atoms with Gasteiger partial charge in [0, 0.05) is 47.4 Å². The van der Waals surface area contributed by atoms with Crippen LogP contribution in [0.2, 0.25) is 0 Å². The number of hydrogen-bond donors (Lipinski definition) is 3. The smallest absolute Gasteiger partial charge is 0.406 e. The van der Waals surface area contributed by atoms with E-state index >= 15 is 0 Å². The highest BCUT2D eigenvalue weighted by Crippen LogP contribution is 2.42. The minimum atomic E-state index is -0.464. The van der Waals surface area contributed by atoms with Crippen molar-refractivity contribution in [1.82, 2.24) is 10.3 Å². The van der Waals surface area contributed by atoms with Crippen molar-refractivity contribution >= 4 is 39.4 Å². The molecular weight excluding hydrogens is 406 g/mol. The number of rotatable bonds is 6. The summed E-state index contributed by atoms with van der Waals surface area (Å²) in [6, 6.07) is 16.1. The van der Waals surface area contributed by atoms with Crippen molar-refractivity contribution in [3.05, 3.63) is 60.3 Å². The third-order valence-electron chi connectivity index (χ3n) is 5.45. The SMILES string of the molecule is COC(=O)NCCc1c[nH]c2cc(-c3c(OC)ccc4ccccc34)c(NC(C)=O)cc12. The summed E-state index contributed by atoms with van der Waals surface area (Å²) in [6.45, 7) is 1.93. The van der Waals surface area contributed by atoms with Gasteiger partial charge in [0.25, 0.3) is 0 Å². The van der Waals surface area contributed by atoms with Crippen LogP contribution in [-0.4, -0.2) is 37.7 Å². The van der Waals surface area contributed by atoms with E-state index < -0.39 is 6.09 Å². The van der Waals surface area contributed by atoms with E-state index in [0.717, 1.165) is 44.1 Å². The largest absolute Gasteiger partial charge is 0.496 e. The van der Waals surface area contributed by atoms with Gasteiger partial charge in [-0.3, -0.25) is 4.79 Å². The Morgan fingerprint density at radius 2 is 1.84 bits per heavy atom. The average molecular weight is 431 g/mol. The van der Waals surface area contributed by atoms with E-state index in [1.807, 2.05) is 48.7 Å². The molecule has 0 saturated heterocycles. The molecule has 32 heavy (non-hydrogen) atoms. The van der Waals surface area contributed by atoms with Gasteiger partial charge in [-0.05, 0) is 41.0 Å². The van der Waals surface area contributed by atoms with Gasteiger partial charge in [-0.15, -0.1) is 0 Å². The van der Waals surface area contributed by atoms with Crippen LogP contribution in [0.5, 0.6) is 5.75 Å². The molecule has 4 rings (SSSR count). The van der Waals surface area contributed by atoms with Gasteiger partial charge in [0.05, 0.1) is 14.2 Å². The van der Waals surface area contributed by atoms with E-state index in [0.29, 0.717) is 18.7 Å². The Kier molecular flexibility index (Phi) is 5.98.